The molecule has 1 fully saturated rings. The summed E-state index contributed by atoms with van der Waals surface area (Å²) in [4.78, 5) is 38.5. The molecular formula is C20H23ClN4O4. The molecule has 1 aromatic carbocycles. The first-order valence-electron chi connectivity index (χ1n) is 9.43. The zero-order valence-electron chi connectivity index (χ0n) is 16.5. The Kier molecular flexibility index (Phi) is 6.22. The molecule has 1 N–H and O–H groups in total. The van der Waals surface area contributed by atoms with Crippen molar-refractivity contribution in [2.45, 2.75) is 45.8 Å². The second-order valence-corrected chi connectivity index (χ2v) is 7.51. The monoisotopic (exact) mass is 418 g/mol. The van der Waals surface area contributed by atoms with Crippen molar-refractivity contribution in [3.05, 3.63) is 41.0 Å². The molecule has 1 atom stereocenters. The van der Waals surface area contributed by atoms with Crippen molar-refractivity contribution in [1.29, 1.82) is 0 Å². The molecule has 9 heteroatoms. The van der Waals surface area contributed by atoms with Gasteiger partial charge < -0.3 is 15.0 Å². The SMILES string of the molecule is CC(C)n1nccc1NC(=O)[C@H](C)OC(=O)c1ccc(Cl)c(N2CCCC2=O)c1. The van der Waals surface area contributed by atoms with E-state index in [1.54, 1.807) is 27.9 Å². The van der Waals surface area contributed by atoms with Gasteiger partial charge in [-0.15, -0.1) is 0 Å². The largest absolute Gasteiger partial charge is 0.449 e. The number of nitrogens with zero attached hydrogens (tertiary/aromatic N) is 3. The van der Waals surface area contributed by atoms with Crippen molar-refractivity contribution >= 4 is 40.9 Å². The second kappa shape index (κ2) is 8.65. The lowest BCUT2D eigenvalue weighted by Crippen LogP contribution is -2.31. The Morgan fingerprint density at radius 1 is 1.24 bits per heavy atom. The molecule has 0 radical (unpaired) electrons. The number of rotatable bonds is 6. The van der Waals surface area contributed by atoms with Gasteiger partial charge in [-0.1, -0.05) is 11.6 Å². The van der Waals surface area contributed by atoms with E-state index in [1.165, 1.54) is 19.1 Å². The van der Waals surface area contributed by atoms with Gasteiger partial charge in [-0.2, -0.15) is 5.10 Å². The van der Waals surface area contributed by atoms with E-state index in [0.717, 1.165) is 6.42 Å². The number of carbonyl (C=O) groups is 3. The molecule has 3 rings (SSSR count). The molecule has 0 unspecified atom stereocenters. The molecule has 2 heterocycles. The average molecular weight is 419 g/mol. The number of halogens is 1. The maximum atomic E-state index is 12.5. The van der Waals surface area contributed by atoms with Crippen LogP contribution in [0.1, 0.15) is 50.0 Å². The molecule has 2 amide bonds. The summed E-state index contributed by atoms with van der Waals surface area (Å²) in [6, 6.07) is 6.31. The van der Waals surface area contributed by atoms with Crippen molar-refractivity contribution in [3.8, 4) is 0 Å². The van der Waals surface area contributed by atoms with Crippen molar-refractivity contribution < 1.29 is 19.1 Å². The van der Waals surface area contributed by atoms with Gasteiger partial charge in [0.15, 0.2) is 6.10 Å². The van der Waals surface area contributed by atoms with Crippen LogP contribution in [0.5, 0.6) is 0 Å². The lowest BCUT2D eigenvalue weighted by molar-refractivity contribution is -0.123. The highest BCUT2D eigenvalue weighted by Crippen LogP contribution is 2.30. The number of anilines is 2. The van der Waals surface area contributed by atoms with Crippen LogP contribution in [0.25, 0.3) is 0 Å². The van der Waals surface area contributed by atoms with E-state index in [0.29, 0.717) is 29.5 Å². The van der Waals surface area contributed by atoms with E-state index in [1.807, 2.05) is 13.8 Å². The Labute approximate surface area is 173 Å². The van der Waals surface area contributed by atoms with E-state index < -0.39 is 18.0 Å². The van der Waals surface area contributed by atoms with E-state index in [4.69, 9.17) is 16.3 Å². The lowest BCUT2D eigenvalue weighted by Gasteiger charge is -2.19. The first-order valence-corrected chi connectivity index (χ1v) is 9.81. The third-order valence-corrected chi connectivity index (χ3v) is 4.93. The van der Waals surface area contributed by atoms with Crippen molar-refractivity contribution in [1.82, 2.24) is 9.78 Å². The third-order valence-electron chi connectivity index (χ3n) is 4.61. The Morgan fingerprint density at radius 3 is 2.66 bits per heavy atom. The summed E-state index contributed by atoms with van der Waals surface area (Å²) in [5, 5.41) is 7.24. The number of carbonyl (C=O) groups excluding carboxylic acids is 3. The maximum absolute atomic E-state index is 12.5. The highest BCUT2D eigenvalue weighted by atomic mass is 35.5. The van der Waals surface area contributed by atoms with E-state index >= 15 is 0 Å². The molecule has 8 nitrogen and oxygen atoms in total. The van der Waals surface area contributed by atoms with Gasteiger partial charge in [0.05, 0.1) is 22.5 Å². The van der Waals surface area contributed by atoms with Gasteiger partial charge in [0.2, 0.25) is 5.91 Å². The first kappa shape index (κ1) is 20.9. The molecule has 0 bridgehead atoms. The minimum absolute atomic E-state index is 0.0353. The third kappa shape index (κ3) is 4.59. The Balaban J connectivity index is 1.68. The number of ether oxygens (including phenoxy) is 1. The molecule has 0 spiro atoms. The zero-order valence-corrected chi connectivity index (χ0v) is 17.3. The Bertz CT molecular complexity index is 940. The topological polar surface area (TPSA) is 93.5 Å². The summed E-state index contributed by atoms with van der Waals surface area (Å²) in [5.41, 5.74) is 0.692. The fourth-order valence-corrected chi connectivity index (χ4v) is 3.30. The van der Waals surface area contributed by atoms with E-state index in [-0.39, 0.29) is 17.5 Å². The van der Waals surface area contributed by atoms with Crippen LogP contribution in [0.15, 0.2) is 30.5 Å². The van der Waals surface area contributed by atoms with Gasteiger partial charge in [-0.3, -0.25) is 9.59 Å². The molecule has 154 valence electrons. The van der Waals surface area contributed by atoms with Gasteiger partial charge in [-0.05, 0) is 45.4 Å². The number of esters is 1. The van der Waals surface area contributed by atoms with E-state index in [9.17, 15) is 14.4 Å². The molecule has 29 heavy (non-hydrogen) atoms. The van der Waals surface area contributed by atoms with Gasteiger partial charge >= 0.3 is 5.97 Å². The average Bonchev–Trinajstić information content (AvgIpc) is 3.30. The predicted octanol–water partition coefficient (Wildman–Crippen LogP) is 3.43. The summed E-state index contributed by atoms with van der Waals surface area (Å²) in [6.07, 6.45) is 1.76. The van der Waals surface area contributed by atoms with Crippen LogP contribution < -0.4 is 10.2 Å². The molecule has 1 aliphatic heterocycles. The lowest BCUT2D eigenvalue weighted by atomic mass is 10.2. The summed E-state index contributed by atoms with van der Waals surface area (Å²) in [5.74, 6) is -0.652. The Hall–Kier alpha value is -2.87. The highest BCUT2D eigenvalue weighted by molar-refractivity contribution is 6.34. The van der Waals surface area contributed by atoms with Crippen LogP contribution >= 0.6 is 11.6 Å². The number of nitrogens with one attached hydrogen (secondary N) is 1. The minimum atomic E-state index is -1.02. The summed E-state index contributed by atoms with van der Waals surface area (Å²) in [7, 11) is 0. The van der Waals surface area contributed by atoms with Crippen LogP contribution in [0.4, 0.5) is 11.5 Å². The molecule has 0 aliphatic carbocycles. The van der Waals surface area contributed by atoms with Gasteiger partial charge in [0.1, 0.15) is 5.82 Å². The number of amides is 2. The second-order valence-electron chi connectivity index (χ2n) is 7.11. The van der Waals surface area contributed by atoms with Crippen molar-refractivity contribution in [2.75, 3.05) is 16.8 Å². The molecule has 1 saturated heterocycles. The number of aromatic nitrogens is 2. The summed E-state index contributed by atoms with van der Waals surface area (Å²) in [6.45, 7) is 5.92. The maximum Gasteiger partial charge on any atom is 0.338 e. The normalized spacial score (nSPS) is 14.9. The van der Waals surface area contributed by atoms with Crippen LogP contribution in [0.3, 0.4) is 0 Å². The molecule has 2 aromatic rings. The fraction of sp³-hybridized carbons (Fsp3) is 0.400. The predicted molar refractivity (Wildman–Crippen MR) is 109 cm³/mol. The van der Waals surface area contributed by atoms with Crippen LogP contribution in [-0.2, 0) is 14.3 Å². The van der Waals surface area contributed by atoms with Crippen LogP contribution in [0.2, 0.25) is 5.02 Å². The number of hydrogen-bond donors (Lipinski definition) is 1. The summed E-state index contributed by atoms with van der Waals surface area (Å²) < 4.78 is 6.96. The van der Waals surface area contributed by atoms with Crippen LogP contribution in [0, 0.1) is 0 Å². The first-order chi connectivity index (χ1) is 13.8. The number of benzene rings is 1. The van der Waals surface area contributed by atoms with Crippen LogP contribution in [-0.4, -0.2) is 40.2 Å². The molecule has 1 aliphatic rings. The van der Waals surface area contributed by atoms with Crippen molar-refractivity contribution in [3.63, 3.8) is 0 Å². The smallest absolute Gasteiger partial charge is 0.338 e. The standard InChI is InChI=1S/C20H23ClN4O4/c1-12(2)25-17(8-9-22-25)23-19(27)13(3)29-20(28)14-6-7-15(21)16(11-14)24-10-4-5-18(24)26/h6-9,11-13H,4-5,10H2,1-3H3,(H,23,27)/t13-/m0/s1. The fourth-order valence-electron chi connectivity index (χ4n) is 3.08. The minimum Gasteiger partial charge on any atom is -0.449 e. The molecule has 1 aromatic heterocycles. The van der Waals surface area contributed by atoms with Crippen molar-refractivity contribution in [2.24, 2.45) is 0 Å². The highest BCUT2D eigenvalue weighted by Gasteiger charge is 2.26. The summed E-state index contributed by atoms with van der Waals surface area (Å²) >= 11 is 6.20. The van der Waals surface area contributed by atoms with Gasteiger partial charge in [0, 0.05) is 25.1 Å². The zero-order chi connectivity index (χ0) is 21.1. The number of hydrogen-bond acceptors (Lipinski definition) is 5. The van der Waals surface area contributed by atoms with E-state index in [2.05, 4.69) is 10.4 Å². The molecule has 0 saturated carbocycles. The quantitative estimate of drug-likeness (QED) is 0.725. The Morgan fingerprint density at radius 2 is 2.00 bits per heavy atom. The molecular weight excluding hydrogens is 396 g/mol. The van der Waals surface area contributed by atoms with Gasteiger partial charge in [0.25, 0.3) is 5.91 Å². The van der Waals surface area contributed by atoms with Gasteiger partial charge in [-0.25, -0.2) is 9.48 Å².